The van der Waals surface area contributed by atoms with E-state index in [9.17, 15) is 4.79 Å². The second-order valence-corrected chi connectivity index (χ2v) is 11.5. The number of hydrogen-bond acceptors (Lipinski definition) is 5. The standard InChI is InChI=1S/C27H31N5OSe/c1-4-5-6-10-13-31-16-20(17-34-21-11-8-7-9-12-21)32-26(33)24-25(30-27(31)32)29-23-15-19(3)18(2)14-22(23)28-24/h7-9,11-12,14-15,20H,4-6,10,13,16-17H2,1-3H3. The predicted molar refractivity (Wildman–Crippen MR) is 141 cm³/mol. The number of hydrogen-bond donors (Lipinski definition) is 0. The Bertz CT molecular complexity index is 1390. The Labute approximate surface area is 206 Å². The van der Waals surface area contributed by atoms with Crippen molar-refractivity contribution in [3.05, 3.63) is 63.9 Å². The van der Waals surface area contributed by atoms with Crippen LogP contribution >= 0.6 is 0 Å². The van der Waals surface area contributed by atoms with Crippen molar-refractivity contribution in [2.45, 2.75) is 57.8 Å². The SMILES string of the molecule is CCCCCCN1CC(C[Se]c2ccccc2)n2c1nc1nc3cc(C)c(C)cc3nc1c2=O. The van der Waals surface area contributed by atoms with E-state index in [2.05, 4.69) is 56.0 Å². The van der Waals surface area contributed by atoms with Gasteiger partial charge in [-0.15, -0.1) is 0 Å². The number of fused-ring (bicyclic) bond motifs is 3. The molecule has 0 saturated heterocycles. The molecule has 1 atom stereocenters. The van der Waals surface area contributed by atoms with E-state index in [1.54, 1.807) is 0 Å². The third-order valence-electron chi connectivity index (χ3n) is 6.65. The van der Waals surface area contributed by atoms with Crippen molar-refractivity contribution in [1.29, 1.82) is 0 Å². The average molecular weight is 521 g/mol. The van der Waals surface area contributed by atoms with Gasteiger partial charge in [-0.25, -0.2) is 0 Å². The van der Waals surface area contributed by atoms with E-state index in [1.165, 1.54) is 29.3 Å². The minimum atomic E-state index is -0.0578. The predicted octanol–water partition coefficient (Wildman–Crippen LogP) is 4.35. The van der Waals surface area contributed by atoms with Gasteiger partial charge >= 0.3 is 207 Å². The van der Waals surface area contributed by atoms with E-state index in [0.717, 1.165) is 47.4 Å². The molecule has 0 fully saturated rings. The molecule has 3 heterocycles. The number of benzene rings is 2. The van der Waals surface area contributed by atoms with Gasteiger partial charge in [0.05, 0.1) is 0 Å². The van der Waals surface area contributed by atoms with Gasteiger partial charge in [0.1, 0.15) is 0 Å². The molecular weight excluding hydrogens is 489 g/mol. The number of nitrogens with zero attached hydrogens (tertiary/aromatic N) is 5. The van der Waals surface area contributed by atoms with Crippen LogP contribution in [-0.2, 0) is 0 Å². The van der Waals surface area contributed by atoms with Crippen molar-refractivity contribution in [1.82, 2.24) is 19.5 Å². The Morgan fingerprint density at radius 3 is 2.44 bits per heavy atom. The zero-order valence-corrected chi connectivity index (χ0v) is 21.8. The molecule has 0 saturated carbocycles. The third kappa shape index (κ3) is 4.47. The molecule has 0 N–H and O–H groups in total. The van der Waals surface area contributed by atoms with Gasteiger partial charge in [-0.1, -0.05) is 0 Å². The van der Waals surface area contributed by atoms with E-state index >= 15 is 0 Å². The van der Waals surface area contributed by atoms with Crippen LogP contribution in [0.2, 0.25) is 5.32 Å². The summed E-state index contributed by atoms with van der Waals surface area (Å²) in [5.41, 5.74) is 4.65. The molecule has 4 aromatic rings. The molecule has 5 rings (SSSR count). The van der Waals surface area contributed by atoms with Crippen LogP contribution in [0.15, 0.2) is 47.3 Å². The molecule has 1 aliphatic rings. The van der Waals surface area contributed by atoms with Gasteiger partial charge in [-0.3, -0.25) is 0 Å². The Morgan fingerprint density at radius 1 is 0.971 bits per heavy atom. The first-order chi connectivity index (χ1) is 16.5. The molecule has 0 amide bonds. The van der Waals surface area contributed by atoms with Crippen LogP contribution < -0.4 is 14.9 Å². The van der Waals surface area contributed by atoms with Gasteiger partial charge in [0.25, 0.3) is 0 Å². The van der Waals surface area contributed by atoms with Crippen LogP contribution in [0.5, 0.6) is 0 Å². The zero-order chi connectivity index (χ0) is 23.7. The fourth-order valence-corrected chi connectivity index (χ4v) is 6.68. The summed E-state index contributed by atoms with van der Waals surface area (Å²) in [5.74, 6) is 0.764. The monoisotopic (exact) mass is 521 g/mol. The van der Waals surface area contributed by atoms with Gasteiger partial charge in [-0.2, -0.15) is 0 Å². The first-order valence-corrected chi connectivity index (χ1v) is 14.3. The van der Waals surface area contributed by atoms with Crippen LogP contribution in [0.4, 0.5) is 5.95 Å². The van der Waals surface area contributed by atoms with Crippen molar-refractivity contribution in [2.24, 2.45) is 0 Å². The maximum absolute atomic E-state index is 13.8. The maximum atomic E-state index is 13.8. The van der Waals surface area contributed by atoms with Crippen molar-refractivity contribution in [3.8, 4) is 0 Å². The molecule has 7 heteroatoms. The first kappa shape index (κ1) is 23.0. The molecular formula is C27H31N5OSe. The number of unbranched alkanes of at least 4 members (excludes halogenated alkanes) is 3. The molecule has 0 spiro atoms. The van der Waals surface area contributed by atoms with Gasteiger partial charge in [0.2, 0.25) is 0 Å². The summed E-state index contributed by atoms with van der Waals surface area (Å²) in [6.45, 7) is 8.12. The summed E-state index contributed by atoms with van der Waals surface area (Å²) in [6, 6.07) is 14.8. The van der Waals surface area contributed by atoms with E-state index in [0.29, 0.717) is 26.1 Å². The Balaban J connectivity index is 1.55. The Hall–Kier alpha value is -2.76. The molecule has 0 radical (unpaired) electrons. The van der Waals surface area contributed by atoms with Crippen LogP contribution in [0.25, 0.3) is 22.2 Å². The molecule has 1 aliphatic heterocycles. The normalized spacial score (nSPS) is 15.4. The molecule has 0 bridgehead atoms. The number of rotatable bonds is 8. The topological polar surface area (TPSA) is 63.9 Å². The number of aryl methyl sites for hydroxylation is 2. The molecule has 1 unspecified atom stereocenters. The van der Waals surface area contributed by atoms with Gasteiger partial charge < -0.3 is 0 Å². The summed E-state index contributed by atoms with van der Waals surface area (Å²) >= 11 is 0.291. The third-order valence-corrected chi connectivity index (χ3v) is 9.08. The van der Waals surface area contributed by atoms with Crippen molar-refractivity contribution >= 4 is 47.6 Å². The molecule has 176 valence electrons. The van der Waals surface area contributed by atoms with Gasteiger partial charge in [-0.05, 0) is 0 Å². The fraction of sp³-hybridized carbons (Fsp3) is 0.407. The molecule has 6 nitrogen and oxygen atoms in total. The summed E-state index contributed by atoms with van der Waals surface area (Å²) in [4.78, 5) is 30.5. The minimum absolute atomic E-state index is 0.0578. The molecule has 0 aliphatic carbocycles. The van der Waals surface area contributed by atoms with Crippen molar-refractivity contribution < 1.29 is 0 Å². The molecule has 2 aromatic carbocycles. The van der Waals surface area contributed by atoms with E-state index < -0.39 is 0 Å². The summed E-state index contributed by atoms with van der Waals surface area (Å²) in [5, 5.41) is 0.960. The van der Waals surface area contributed by atoms with Crippen LogP contribution in [0.3, 0.4) is 0 Å². The van der Waals surface area contributed by atoms with Crippen molar-refractivity contribution in [3.63, 3.8) is 0 Å². The summed E-state index contributed by atoms with van der Waals surface area (Å²) in [7, 11) is 0. The Kier molecular flexibility index (Phi) is 6.66. The number of anilines is 1. The van der Waals surface area contributed by atoms with E-state index in [4.69, 9.17) is 15.0 Å². The Morgan fingerprint density at radius 2 is 1.71 bits per heavy atom. The molecule has 2 aromatic heterocycles. The summed E-state index contributed by atoms with van der Waals surface area (Å²) in [6.07, 6.45) is 4.76. The van der Waals surface area contributed by atoms with E-state index in [-0.39, 0.29) is 11.6 Å². The van der Waals surface area contributed by atoms with Crippen LogP contribution in [0, 0.1) is 13.8 Å². The second kappa shape index (κ2) is 9.85. The van der Waals surface area contributed by atoms with Crippen LogP contribution in [0.1, 0.15) is 49.8 Å². The number of aromatic nitrogens is 4. The second-order valence-electron chi connectivity index (χ2n) is 9.19. The average Bonchev–Trinajstić information content (AvgIpc) is 3.19. The molecule has 34 heavy (non-hydrogen) atoms. The van der Waals surface area contributed by atoms with Gasteiger partial charge in [0, 0.05) is 0 Å². The fourth-order valence-electron chi connectivity index (χ4n) is 4.60. The van der Waals surface area contributed by atoms with Gasteiger partial charge in [0.15, 0.2) is 0 Å². The van der Waals surface area contributed by atoms with Crippen molar-refractivity contribution in [2.75, 3.05) is 18.0 Å². The zero-order valence-electron chi connectivity index (χ0n) is 20.1. The quantitative estimate of drug-likeness (QED) is 0.197. The first-order valence-electron chi connectivity index (χ1n) is 12.2. The van der Waals surface area contributed by atoms with E-state index in [1.807, 2.05) is 16.7 Å². The van der Waals surface area contributed by atoms with Crippen LogP contribution in [-0.4, -0.2) is 47.6 Å². The summed E-state index contributed by atoms with van der Waals surface area (Å²) < 4.78 is 3.27.